The Morgan fingerprint density at radius 3 is 2.88 bits per heavy atom. The predicted molar refractivity (Wildman–Crippen MR) is 74.3 cm³/mol. The van der Waals surface area contributed by atoms with E-state index in [0.717, 1.165) is 13.0 Å². The van der Waals surface area contributed by atoms with Crippen LogP contribution in [0.1, 0.15) is 39.0 Å². The normalized spacial score (nSPS) is 42.9. The Hall–Kier alpha value is 0.230. The molecular formula is C13H26N2OS. The predicted octanol–water partition coefficient (Wildman–Crippen LogP) is 1.35. The lowest BCUT2D eigenvalue weighted by atomic mass is 9.87. The van der Waals surface area contributed by atoms with Crippen molar-refractivity contribution in [3.63, 3.8) is 0 Å². The van der Waals surface area contributed by atoms with E-state index in [4.69, 9.17) is 5.73 Å². The summed E-state index contributed by atoms with van der Waals surface area (Å²) < 4.78 is 0. The Labute approximate surface area is 109 Å². The van der Waals surface area contributed by atoms with Crippen molar-refractivity contribution < 1.29 is 5.11 Å². The quantitative estimate of drug-likeness (QED) is 0.712. The van der Waals surface area contributed by atoms with Crippen molar-refractivity contribution in [2.75, 3.05) is 18.9 Å². The van der Waals surface area contributed by atoms with Crippen molar-refractivity contribution in [3.8, 4) is 0 Å². The molecule has 4 unspecified atom stereocenters. The van der Waals surface area contributed by atoms with Crippen LogP contribution in [0.15, 0.2) is 0 Å². The highest BCUT2D eigenvalue weighted by Crippen LogP contribution is 2.36. The first-order chi connectivity index (χ1) is 8.22. The van der Waals surface area contributed by atoms with Gasteiger partial charge >= 0.3 is 0 Å². The van der Waals surface area contributed by atoms with Crippen molar-refractivity contribution in [3.05, 3.63) is 0 Å². The summed E-state index contributed by atoms with van der Waals surface area (Å²) in [6.07, 6.45) is 6.05. The molecule has 0 radical (unpaired) electrons. The average Bonchev–Trinajstić information content (AvgIpc) is 2.79. The monoisotopic (exact) mass is 258 g/mol. The van der Waals surface area contributed by atoms with Gasteiger partial charge in [-0.25, -0.2) is 0 Å². The fourth-order valence-electron chi connectivity index (χ4n) is 3.34. The first-order valence-corrected chi connectivity index (χ1v) is 7.97. The summed E-state index contributed by atoms with van der Waals surface area (Å²) >= 11 is 2.04. The highest BCUT2D eigenvalue weighted by atomic mass is 32.2. The number of rotatable bonds is 4. The zero-order chi connectivity index (χ0) is 12.3. The number of aliphatic hydroxyl groups excluding tert-OH is 1. The highest BCUT2D eigenvalue weighted by Gasteiger charge is 2.41. The number of nitrogens with two attached hydrogens (primary N) is 1. The van der Waals surface area contributed by atoms with Crippen molar-refractivity contribution in [2.24, 2.45) is 11.7 Å². The van der Waals surface area contributed by atoms with Gasteiger partial charge < -0.3 is 16.2 Å². The molecule has 0 aromatic heterocycles. The third-order valence-electron chi connectivity index (χ3n) is 4.64. The molecule has 4 heteroatoms. The summed E-state index contributed by atoms with van der Waals surface area (Å²) in [5.74, 6) is 1.70. The Balaban J connectivity index is 2.02. The van der Waals surface area contributed by atoms with Crippen LogP contribution in [-0.2, 0) is 0 Å². The van der Waals surface area contributed by atoms with Crippen molar-refractivity contribution >= 4 is 11.8 Å². The second-order valence-electron chi connectivity index (χ2n) is 5.60. The molecule has 0 aromatic carbocycles. The summed E-state index contributed by atoms with van der Waals surface area (Å²) in [7, 11) is 0. The maximum absolute atomic E-state index is 9.41. The van der Waals surface area contributed by atoms with E-state index in [1.807, 2.05) is 11.8 Å². The number of hydrogen-bond donors (Lipinski definition) is 3. The van der Waals surface area contributed by atoms with Gasteiger partial charge in [0.2, 0.25) is 0 Å². The molecule has 2 fully saturated rings. The van der Waals surface area contributed by atoms with E-state index in [0.29, 0.717) is 23.8 Å². The summed E-state index contributed by atoms with van der Waals surface area (Å²) in [5, 5.41) is 13.8. The molecule has 1 saturated carbocycles. The van der Waals surface area contributed by atoms with Gasteiger partial charge in [-0.3, -0.25) is 0 Å². The summed E-state index contributed by atoms with van der Waals surface area (Å²) in [6.45, 7) is 3.34. The third kappa shape index (κ3) is 2.80. The first-order valence-electron chi connectivity index (χ1n) is 6.92. The molecule has 1 aliphatic carbocycles. The van der Waals surface area contributed by atoms with Gasteiger partial charge in [0.15, 0.2) is 0 Å². The van der Waals surface area contributed by atoms with Crippen LogP contribution in [0.5, 0.6) is 0 Å². The van der Waals surface area contributed by atoms with E-state index in [1.54, 1.807) is 0 Å². The highest BCUT2D eigenvalue weighted by molar-refractivity contribution is 8.00. The van der Waals surface area contributed by atoms with Gasteiger partial charge in [0.25, 0.3) is 0 Å². The minimum Gasteiger partial charge on any atom is -0.396 e. The molecule has 3 nitrogen and oxygen atoms in total. The van der Waals surface area contributed by atoms with Crippen LogP contribution in [0.3, 0.4) is 0 Å². The summed E-state index contributed by atoms with van der Waals surface area (Å²) in [4.78, 5) is 0. The van der Waals surface area contributed by atoms with Gasteiger partial charge in [-0.15, -0.1) is 0 Å². The number of hydrogen-bond acceptors (Lipinski definition) is 4. The van der Waals surface area contributed by atoms with E-state index in [9.17, 15) is 5.11 Å². The number of nitrogens with one attached hydrogen (secondary N) is 1. The number of thioether (sulfide) groups is 1. The lowest BCUT2D eigenvalue weighted by Crippen LogP contribution is -2.62. The Morgan fingerprint density at radius 2 is 2.24 bits per heavy atom. The van der Waals surface area contributed by atoms with Crippen molar-refractivity contribution in [1.29, 1.82) is 0 Å². The fourth-order valence-corrected chi connectivity index (χ4v) is 4.61. The Bertz CT molecular complexity index is 252. The molecular weight excluding hydrogens is 232 g/mol. The van der Waals surface area contributed by atoms with Crippen LogP contribution in [0, 0.1) is 5.92 Å². The van der Waals surface area contributed by atoms with Gasteiger partial charge in [-0.2, -0.15) is 11.8 Å². The van der Waals surface area contributed by atoms with Gasteiger partial charge in [0.05, 0.1) is 0 Å². The van der Waals surface area contributed by atoms with E-state index in [2.05, 4.69) is 12.2 Å². The van der Waals surface area contributed by atoms with Crippen LogP contribution in [0.2, 0.25) is 0 Å². The SMILES string of the molecule is CC1SCCCC1(CN)NC1CCCC1CO. The van der Waals surface area contributed by atoms with Gasteiger partial charge in [0, 0.05) is 30.0 Å². The second kappa shape index (κ2) is 5.91. The fraction of sp³-hybridized carbons (Fsp3) is 1.00. The van der Waals surface area contributed by atoms with Crippen LogP contribution in [0.25, 0.3) is 0 Å². The molecule has 2 aliphatic rings. The molecule has 2 rings (SSSR count). The molecule has 0 amide bonds. The summed E-state index contributed by atoms with van der Waals surface area (Å²) in [5.41, 5.74) is 6.16. The van der Waals surface area contributed by atoms with E-state index in [1.165, 1.54) is 31.4 Å². The minimum absolute atomic E-state index is 0.103. The average molecular weight is 258 g/mol. The van der Waals surface area contributed by atoms with Gasteiger partial charge in [0.1, 0.15) is 0 Å². The van der Waals surface area contributed by atoms with Gasteiger partial charge in [-0.05, 0) is 37.4 Å². The first kappa shape index (κ1) is 13.7. The minimum atomic E-state index is 0.103. The van der Waals surface area contributed by atoms with Crippen molar-refractivity contribution in [1.82, 2.24) is 5.32 Å². The van der Waals surface area contributed by atoms with Crippen LogP contribution in [0.4, 0.5) is 0 Å². The molecule has 0 spiro atoms. The molecule has 1 heterocycles. The van der Waals surface area contributed by atoms with E-state index in [-0.39, 0.29) is 5.54 Å². The molecule has 100 valence electrons. The lowest BCUT2D eigenvalue weighted by molar-refractivity contribution is 0.173. The summed E-state index contributed by atoms with van der Waals surface area (Å²) in [6, 6.07) is 0.477. The zero-order valence-electron chi connectivity index (χ0n) is 10.8. The molecule has 0 aromatic rings. The number of aliphatic hydroxyl groups is 1. The molecule has 0 bridgehead atoms. The van der Waals surface area contributed by atoms with Crippen molar-refractivity contribution in [2.45, 2.75) is 55.9 Å². The second-order valence-corrected chi connectivity index (χ2v) is 7.05. The maximum Gasteiger partial charge on any atom is 0.0474 e. The molecule has 4 atom stereocenters. The topological polar surface area (TPSA) is 58.3 Å². The lowest BCUT2D eigenvalue weighted by Gasteiger charge is -2.45. The Kier molecular flexibility index (Phi) is 4.75. The molecule has 1 aliphatic heterocycles. The standard InChI is InChI=1S/C13H26N2OS/c1-10-13(9-14,6-3-7-17-10)15-12-5-2-4-11(12)8-16/h10-12,15-16H,2-9,14H2,1H3. The molecule has 4 N–H and O–H groups in total. The molecule has 1 saturated heterocycles. The molecule has 17 heavy (non-hydrogen) atoms. The van der Waals surface area contributed by atoms with Crippen LogP contribution < -0.4 is 11.1 Å². The van der Waals surface area contributed by atoms with Crippen LogP contribution in [-0.4, -0.2) is 40.8 Å². The van der Waals surface area contributed by atoms with E-state index >= 15 is 0 Å². The van der Waals surface area contributed by atoms with E-state index < -0.39 is 0 Å². The third-order valence-corrected chi connectivity index (χ3v) is 6.12. The maximum atomic E-state index is 9.41. The zero-order valence-corrected chi connectivity index (χ0v) is 11.6. The Morgan fingerprint density at radius 1 is 1.41 bits per heavy atom. The smallest absolute Gasteiger partial charge is 0.0474 e. The van der Waals surface area contributed by atoms with Gasteiger partial charge in [-0.1, -0.05) is 13.3 Å². The largest absolute Gasteiger partial charge is 0.396 e. The van der Waals surface area contributed by atoms with Crippen LogP contribution >= 0.6 is 11.8 Å².